The molecule has 21 heavy (non-hydrogen) atoms. The Kier molecular flexibility index (Phi) is 8.69. The third-order valence-corrected chi connectivity index (χ3v) is 4.60. The van der Waals surface area contributed by atoms with E-state index in [1.165, 1.54) is 5.56 Å². The van der Waals surface area contributed by atoms with Crippen LogP contribution in [-0.4, -0.2) is 46.8 Å². The Balaban J connectivity index is 2.75. The lowest BCUT2D eigenvalue weighted by Crippen LogP contribution is -2.25. The maximum Gasteiger partial charge on any atom is 0.133 e. The van der Waals surface area contributed by atoms with Crippen LogP contribution in [0.2, 0.25) is 0 Å². The Labute approximate surface area is 134 Å². The van der Waals surface area contributed by atoms with Gasteiger partial charge in [0.05, 0.1) is 0 Å². The first-order chi connectivity index (χ1) is 10.2. The monoisotopic (exact) mass is 310 g/mol. The average Bonchev–Trinajstić information content (AvgIpc) is 2.51. The number of nitrogens with one attached hydrogen (secondary N) is 1. The van der Waals surface area contributed by atoms with E-state index in [9.17, 15) is 0 Å². The molecular formula is C16H30N4S. The van der Waals surface area contributed by atoms with Gasteiger partial charge in [0.2, 0.25) is 0 Å². The summed E-state index contributed by atoms with van der Waals surface area (Å²) in [6, 6.07) is 0. The molecule has 0 unspecified atom stereocenters. The zero-order valence-corrected chi connectivity index (χ0v) is 15.0. The summed E-state index contributed by atoms with van der Waals surface area (Å²) in [6.45, 7) is 15.1. The van der Waals surface area contributed by atoms with E-state index in [2.05, 4.69) is 49.8 Å². The fourth-order valence-corrected chi connectivity index (χ4v) is 3.09. The summed E-state index contributed by atoms with van der Waals surface area (Å²) in [6.07, 6.45) is 1.99. The number of aryl methyl sites for hydroxylation is 1. The molecule has 0 aliphatic carbocycles. The van der Waals surface area contributed by atoms with Gasteiger partial charge in [-0.05, 0) is 26.4 Å². The first kappa shape index (κ1) is 18.2. The SMILES string of the molecule is CCCNc1nc(CC)nc(SCCN(CC)CC)c1C. The van der Waals surface area contributed by atoms with Gasteiger partial charge in [0.1, 0.15) is 16.7 Å². The Morgan fingerprint density at radius 2 is 1.81 bits per heavy atom. The highest BCUT2D eigenvalue weighted by molar-refractivity contribution is 7.99. The average molecular weight is 311 g/mol. The normalized spacial score (nSPS) is 11.1. The molecule has 1 rings (SSSR count). The lowest BCUT2D eigenvalue weighted by Gasteiger charge is -2.18. The fourth-order valence-electron chi connectivity index (χ4n) is 2.07. The van der Waals surface area contributed by atoms with Gasteiger partial charge in [-0.1, -0.05) is 27.7 Å². The Morgan fingerprint density at radius 3 is 2.38 bits per heavy atom. The van der Waals surface area contributed by atoms with Crippen LogP contribution in [0.25, 0.3) is 0 Å². The van der Waals surface area contributed by atoms with Crippen LogP contribution >= 0.6 is 11.8 Å². The van der Waals surface area contributed by atoms with Crippen LogP contribution in [0.4, 0.5) is 5.82 Å². The van der Waals surface area contributed by atoms with E-state index in [1.807, 2.05) is 11.8 Å². The second-order valence-corrected chi connectivity index (χ2v) is 6.16. The summed E-state index contributed by atoms with van der Waals surface area (Å²) in [5.74, 6) is 3.02. The number of aromatic nitrogens is 2. The largest absolute Gasteiger partial charge is 0.370 e. The third-order valence-electron chi connectivity index (χ3n) is 3.55. The van der Waals surface area contributed by atoms with E-state index >= 15 is 0 Å². The maximum absolute atomic E-state index is 4.70. The van der Waals surface area contributed by atoms with E-state index in [0.29, 0.717) is 0 Å². The molecule has 0 saturated carbocycles. The van der Waals surface area contributed by atoms with E-state index in [0.717, 1.165) is 61.4 Å². The number of hydrogen-bond acceptors (Lipinski definition) is 5. The number of anilines is 1. The zero-order valence-electron chi connectivity index (χ0n) is 14.2. The molecule has 1 heterocycles. The number of nitrogens with zero attached hydrogens (tertiary/aromatic N) is 3. The number of hydrogen-bond donors (Lipinski definition) is 1. The number of thioether (sulfide) groups is 1. The highest BCUT2D eigenvalue weighted by Crippen LogP contribution is 2.25. The predicted octanol–water partition coefficient (Wildman–Crippen LogP) is 3.60. The van der Waals surface area contributed by atoms with Gasteiger partial charge < -0.3 is 10.2 Å². The second-order valence-electron chi connectivity index (χ2n) is 5.07. The Hall–Kier alpha value is -0.810. The molecule has 0 fully saturated rings. The number of rotatable bonds is 10. The Bertz CT molecular complexity index is 419. The lowest BCUT2D eigenvalue weighted by molar-refractivity contribution is 0.324. The molecule has 0 aliphatic heterocycles. The molecule has 0 saturated heterocycles. The first-order valence-electron chi connectivity index (χ1n) is 8.12. The first-order valence-corrected chi connectivity index (χ1v) is 9.11. The van der Waals surface area contributed by atoms with Crippen LogP contribution in [0.5, 0.6) is 0 Å². The van der Waals surface area contributed by atoms with Gasteiger partial charge in [-0.3, -0.25) is 0 Å². The molecular weight excluding hydrogens is 280 g/mol. The van der Waals surface area contributed by atoms with Crippen molar-refractivity contribution in [3.05, 3.63) is 11.4 Å². The maximum atomic E-state index is 4.70. The highest BCUT2D eigenvalue weighted by Gasteiger charge is 2.11. The van der Waals surface area contributed by atoms with Crippen LogP contribution in [0.15, 0.2) is 5.03 Å². The molecule has 0 aromatic carbocycles. The van der Waals surface area contributed by atoms with Gasteiger partial charge in [0, 0.05) is 30.8 Å². The topological polar surface area (TPSA) is 41.1 Å². The summed E-state index contributed by atoms with van der Waals surface area (Å²) < 4.78 is 0. The van der Waals surface area contributed by atoms with Crippen LogP contribution < -0.4 is 5.32 Å². The minimum Gasteiger partial charge on any atom is -0.370 e. The van der Waals surface area contributed by atoms with E-state index < -0.39 is 0 Å². The molecule has 120 valence electrons. The van der Waals surface area contributed by atoms with Crippen LogP contribution in [0, 0.1) is 6.92 Å². The molecule has 0 bridgehead atoms. The van der Waals surface area contributed by atoms with Crippen LogP contribution in [0.1, 0.15) is 45.5 Å². The predicted molar refractivity (Wildman–Crippen MR) is 93.4 cm³/mol. The van der Waals surface area contributed by atoms with Gasteiger partial charge in [-0.2, -0.15) is 0 Å². The summed E-state index contributed by atoms with van der Waals surface area (Å²) in [5, 5.41) is 4.56. The molecule has 0 aliphatic rings. The van der Waals surface area contributed by atoms with Crippen molar-refractivity contribution in [2.24, 2.45) is 0 Å². The minimum absolute atomic E-state index is 0.880. The van der Waals surface area contributed by atoms with Gasteiger partial charge in [-0.15, -0.1) is 11.8 Å². The van der Waals surface area contributed by atoms with Crippen molar-refractivity contribution in [2.45, 2.75) is 52.5 Å². The van der Waals surface area contributed by atoms with Crippen molar-refractivity contribution in [1.29, 1.82) is 0 Å². The smallest absolute Gasteiger partial charge is 0.133 e. The zero-order chi connectivity index (χ0) is 15.7. The van der Waals surface area contributed by atoms with Crippen molar-refractivity contribution in [3.8, 4) is 0 Å². The van der Waals surface area contributed by atoms with Crippen molar-refractivity contribution in [2.75, 3.05) is 37.2 Å². The summed E-state index contributed by atoms with van der Waals surface area (Å²) >= 11 is 1.85. The molecule has 0 spiro atoms. The van der Waals surface area contributed by atoms with Gasteiger partial charge in [0.15, 0.2) is 0 Å². The van der Waals surface area contributed by atoms with E-state index in [1.54, 1.807) is 0 Å². The van der Waals surface area contributed by atoms with E-state index in [-0.39, 0.29) is 0 Å². The van der Waals surface area contributed by atoms with Crippen LogP contribution in [-0.2, 0) is 6.42 Å². The van der Waals surface area contributed by atoms with E-state index in [4.69, 9.17) is 4.98 Å². The summed E-state index contributed by atoms with van der Waals surface area (Å²) in [5.41, 5.74) is 1.19. The molecule has 0 amide bonds. The van der Waals surface area contributed by atoms with Crippen molar-refractivity contribution in [3.63, 3.8) is 0 Å². The quantitative estimate of drug-likeness (QED) is 0.528. The molecule has 1 aromatic rings. The Morgan fingerprint density at radius 1 is 1.10 bits per heavy atom. The molecule has 1 N–H and O–H groups in total. The summed E-state index contributed by atoms with van der Waals surface area (Å²) in [7, 11) is 0. The van der Waals surface area contributed by atoms with Crippen molar-refractivity contribution in [1.82, 2.24) is 14.9 Å². The third kappa shape index (κ3) is 5.83. The highest BCUT2D eigenvalue weighted by atomic mass is 32.2. The van der Waals surface area contributed by atoms with Crippen molar-refractivity contribution >= 4 is 17.6 Å². The van der Waals surface area contributed by atoms with Gasteiger partial charge in [0.25, 0.3) is 0 Å². The molecule has 0 atom stereocenters. The van der Waals surface area contributed by atoms with Gasteiger partial charge in [-0.25, -0.2) is 9.97 Å². The minimum atomic E-state index is 0.880. The fraction of sp³-hybridized carbons (Fsp3) is 0.750. The second kappa shape index (κ2) is 10.0. The molecule has 1 aromatic heterocycles. The standard InChI is InChI=1S/C16H30N4S/c1-6-10-17-15-13(5)16(19-14(7-2)18-15)21-12-11-20(8-3)9-4/h6-12H2,1-5H3,(H,17,18,19). The van der Waals surface area contributed by atoms with Crippen LogP contribution in [0.3, 0.4) is 0 Å². The van der Waals surface area contributed by atoms with Gasteiger partial charge >= 0.3 is 0 Å². The van der Waals surface area contributed by atoms with Crippen molar-refractivity contribution < 1.29 is 0 Å². The lowest BCUT2D eigenvalue weighted by atomic mass is 10.3. The molecule has 4 nitrogen and oxygen atoms in total. The molecule has 0 radical (unpaired) electrons. The molecule has 5 heteroatoms. The summed E-state index contributed by atoms with van der Waals surface area (Å²) in [4.78, 5) is 11.8.